The minimum atomic E-state index is -0.501. The van der Waals surface area contributed by atoms with Gasteiger partial charge in [0, 0.05) is 18.8 Å². The predicted molar refractivity (Wildman–Crippen MR) is 102 cm³/mol. The Bertz CT molecular complexity index is 954. The van der Waals surface area contributed by atoms with Crippen LogP contribution in [0.15, 0.2) is 21.9 Å². The predicted octanol–water partition coefficient (Wildman–Crippen LogP) is 1.03. The maximum Gasteiger partial charge on any atom is 0.330 e. The van der Waals surface area contributed by atoms with Gasteiger partial charge < -0.3 is 10.2 Å². The number of rotatable bonds is 6. The Kier molecular flexibility index (Phi) is 5.07. The first kappa shape index (κ1) is 17.9. The van der Waals surface area contributed by atoms with Gasteiger partial charge in [-0.15, -0.1) is 0 Å². The fraction of sp³-hybridized carbons (Fsp3) is 0.579. The van der Waals surface area contributed by atoms with Crippen LogP contribution in [0.1, 0.15) is 54.9 Å². The third-order valence-corrected chi connectivity index (χ3v) is 5.34. The van der Waals surface area contributed by atoms with Crippen LogP contribution in [0.3, 0.4) is 0 Å². The Morgan fingerprint density at radius 1 is 1.22 bits per heavy atom. The van der Waals surface area contributed by atoms with Gasteiger partial charge in [0.25, 0.3) is 11.5 Å². The topological polar surface area (TPSA) is 100 Å². The first-order valence-corrected chi connectivity index (χ1v) is 9.78. The van der Waals surface area contributed by atoms with E-state index < -0.39 is 11.2 Å². The van der Waals surface area contributed by atoms with Crippen LogP contribution in [0.5, 0.6) is 0 Å². The van der Waals surface area contributed by atoms with E-state index in [9.17, 15) is 14.4 Å². The molecule has 0 unspecified atom stereocenters. The van der Waals surface area contributed by atoms with E-state index in [4.69, 9.17) is 0 Å². The van der Waals surface area contributed by atoms with E-state index in [0.717, 1.165) is 38.9 Å². The summed E-state index contributed by atoms with van der Waals surface area (Å²) in [7, 11) is 0. The highest BCUT2D eigenvalue weighted by Gasteiger charge is 2.27. The Hall–Kier alpha value is -2.48. The average molecular weight is 371 g/mol. The molecule has 2 aliphatic rings. The third kappa shape index (κ3) is 3.95. The molecule has 0 bridgehead atoms. The van der Waals surface area contributed by atoms with Crippen molar-refractivity contribution in [2.75, 3.05) is 26.2 Å². The maximum absolute atomic E-state index is 12.4. The largest absolute Gasteiger partial charge is 0.352 e. The highest BCUT2D eigenvalue weighted by atomic mass is 16.2. The van der Waals surface area contributed by atoms with Gasteiger partial charge in [-0.3, -0.25) is 19.1 Å². The summed E-state index contributed by atoms with van der Waals surface area (Å²) in [6.07, 6.45) is 7.99. The Balaban J connectivity index is 1.43. The summed E-state index contributed by atoms with van der Waals surface area (Å²) in [5.41, 5.74) is -0.239. The average Bonchev–Trinajstić information content (AvgIpc) is 3.51. The number of carbonyl (C=O) groups is 1. The van der Waals surface area contributed by atoms with Gasteiger partial charge in [0.1, 0.15) is 5.65 Å². The number of nitrogens with one attached hydrogen (secondary N) is 2. The van der Waals surface area contributed by atoms with Gasteiger partial charge in [-0.1, -0.05) is 6.42 Å². The van der Waals surface area contributed by atoms with Gasteiger partial charge in [-0.25, -0.2) is 9.78 Å². The van der Waals surface area contributed by atoms with E-state index in [1.165, 1.54) is 36.1 Å². The molecular weight excluding hydrogens is 346 g/mol. The number of nitrogens with zero attached hydrogens (tertiary/aromatic N) is 3. The van der Waals surface area contributed by atoms with E-state index in [1.54, 1.807) is 0 Å². The zero-order valence-corrected chi connectivity index (χ0v) is 15.4. The van der Waals surface area contributed by atoms with Crippen molar-refractivity contribution in [3.05, 3.63) is 38.7 Å². The zero-order chi connectivity index (χ0) is 18.8. The number of aromatic amines is 1. The van der Waals surface area contributed by atoms with Crippen molar-refractivity contribution < 1.29 is 4.79 Å². The molecule has 4 rings (SSSR count). The summed E-state index contributed by atoms with van der Waals surface area (Å²) in [6, 6.07) is 1.62. The molecular formula is C19H25N5O3. The number of aromatic nitrogens is 3. The molecule has 1 saturated heterocycles. The van der Waals surface area contributed by atoms with Crippen molar-refractivity contribution >= 4 is 16.9 Å². The normalized spacial score (nSPS) is 17.9. The van der Waals surface area contributed by atoms with Crippen molar-refractivity contribution in [2.24, 2.45) is 0 Å². The molecule has 0 radical (unpaired) electrons. The second-order valence-corrected chi connectivity index (χ2v) is 7.47. The van der Waals surface area contributed by atoms with Crippen molar-refractivity contribution in [2.45, 2.75) is 44.6 Å². The number of hydrogen-bond donors (Lipinski definition) is 2. The van der Waals surface area contributed by atoms with E-state index in [0.29, 0.717) is 17.8 Å². The Labute approximate surface area is 156 Å². The van der Waals surface area contributed by atoms with Gasteiger partial charge in [0.2, 0.25) is 0 Å². The van der Waals surface area contributed by atoms with Gasteiger partial charge in [-0.05, 0) is 57.8 Å². The SMILES string of the molecule is O=C(NCCCN1CCCCC1)c1cnc2c(c1)c(=O)[nH]c(=O)n2C1CC1. The second-order valence-electron chi connectivity index (χ2n) is 7.47. The molecule has 2 fully saturated rings. The fourth-order valence-electron chi connectivity index (χ4n) is 3.72. The molecule has 2 N–H and O–H groups in total. The first-order chi connectivity index (χ1) is 13.1. The standard InChI is InChI=1S/C19H25N5O3/c25-17(20-7-4-10-23-8-2-1-3-9-23)13-11-15-16(21-12-13)24(14-5-6-14)19(27)22-18(15)26/h11-12,14H,1-10H2,(H,20,25)(H,22,26,27). The zero-order valence-electron chi connectivity index (χ0n) is 15.4. The van der Waals surface area contributed by atoms with E-state index in [2.05, 4.69) is 20.2 Å². The Morgan fingerprint density at radius 2 is 2.00 bits per heavy atom. The summed E-state index contributed by atoms with van der Waals surface area (Å²) in [5.74, 6) is -0.244. The molecule has 0 aromatic carbocycles. The number of likely N-dealkylation sites (tertiary alicyclic amines) is 1. The van der Waals surface area contributed by atoms with Gasteiger partial charge in [-0.2, -0.15) is 0 Å². The number of hydrogen-bond acceptors (Lipinski definition) is 5. The minimum Gasteiger partial charge on any atom is -0.352 e. The van der Waals surface area contributed by atoms with E-state index >= 15 is 0 Å². The summed E-state index contributed by atoms with van der Waals surface area (Å²) in [4.78, 5) is 45.6. The van der Waals surface area contributed by atoms with Crippen molar-refractivity contribution in [1.29, 1.82) is 0 Å². The molecule has 0 atom stereocenters. The first-order valence-electron chi connectivity index (χ1n) is 9.78. The van der Waals surface area contributed by atoms with Crippen molar-refractivity contribution in [1.82, 2.24) is 24.8 Å². The molecule has 1 aliphatic heterocycles. The van der Waals surface area contributed by atoms with Gasteiger partial charge in [0.15, 0.2) is 0 Å². The molecule has 1 amide bonds. The molecule has 2 aromatic heterocycles. The monoisotopic (exact) mass is 371 g/mol. The molecule has 1 saturated carbocycles. The highest BCUT2D eigenvalue weighted by Crippen LogP contribution is 2.34. The number of carbonyl (C=O) groups excluding carboxylic acids is 1. The molecule has 8 nitrogen and oxygen atoms in total. The number of fused-ring (bicyclic) bond motifs is 1. The van der Waals surface area contributed by atoms with Crippen LogP contribution in [-0.4, -0.2) is 51.5 Å². The van der Waals surface area contributed by atoms with Crippen molar-refractivity contribution in [3.8, 4) is 0 Å². The van der Waals surface area contributed by atoms with Crippen LogP contribution < -0.4 is 16.6 Å². The van der Waals surface area contributed by atoms with Gasteiger partial charge in [0.05, 0.1) is 10.9 Å². The number of amides is 1. The number of piperidine rings is 1. The molecule has 0 spiro atoms. The lowest BCUT2D eigenvalue weighted by molar-refractivity contribution is 0.0951. The van der Waals surface area contributed by atoms with Crippen LogP contribution in [-0.2, 0) is 0 Å². The number of H-pyrrole nitrogens is 1. The lowest BCUT2D eigenvalue weighted by Crippen LogP contribution is -2.33. The second kappa shape index (κ2) is 7.64. The molecule has 3 heterocycles. The molecule has 2 aromatic rings. The van der Waals surface area contributed by atoms with E-state index in [-0.39, 0.29) is 17.3 Å². The molecule has 1 aliphatic carbocycles. The summed E-state index contributed by atoms with van der Waals surface area (Å²) < 4.78 is 1.52. The highest BCUT2D eigenvalue weighted by molar-refractivity contribution is 5.96. The molecule has 27 heavy (non-hydrogen) atoms. The van der Waals surface area contributed by atoms with Crippen LogP contribution in [0.25, 0.3) is 11.0 Å². The third-order valence-electron chi connectivity index (χ3n) is 5.34. The van der Waals surface area contributed by atoms with Crippen LogP contribution in [0.4, 0.5) is 0 Å². The summed E-state index contributed by atoms with van der Waals surface area (Å²) in [5, 5.41) is 3.18. The quantitative estimate of drug-likeness (QED) is 0.739. The van der Waals surface area contributed by atoms with Crippen LogP contribution >= 0.6 is 0 Å². The van der Waals surface area contributed by atoms with E-state index in [1.807, 2.05) is 0 Å². The fourth-order valence-corrected chi connectivity index (χ4v) is 3.72. The lowest BCUT2D eigenvalue weighted by atomic mass is 10.1. The smallest absolute Gasteiger partial charge is 0.330 e. The summed E-state index contributed by atoms with van der Waals surface area (Å²) >= 11 is 0. The minimum absolute atomic E-state index is 0.0961. The summed E-state index contributed by atoms with van der Waals surface area (Å²) in [6.45, 7) is 3.87. The molecule has 144 valence electrons. The number of pyridine rings is 1. The van der Waals surface area contributed by atoms with Crippen LogP contribution in [0.2, 0.25) is 0 Å². The van der Waals surface area contributed by atoms with Crippen molar-refractivity contribution in [3.63, 3.8) is 0 Å². The van der Waals surface area contributed by atoms with Crippen LogP contribution in [0, 0.1) is 0 Å². The maximum atomic E-state index is 12.4. The lowest BCUT2D eigenvalue weighted by Gasteiger charge is -2.26. The molecule has 8 heteroatoms. The van der Waals surface area contributed by atoms with Gasteiger partial charge >= 0.3 is 5.69 Å². The Morgan fingerprint density at radius 3 is 2.74 bits per heavy atom.